The van der Waals surface area contributed by atoms with E-state index in [2.05, 4.69) is 25.9 Å². The lowest BCUT2D eigenvalue weighted by Gasteiger charge is -2.07. The lowest BCUT2D eigenvalue weighted by atomic mass is 10.2. The van der Waals surface area contributed by atoms with Gasteiger partial charge in [-0.3, -0.25) is 9.78 Å². The average molecular weight is 330 g/mol. The molecule has 3 rings (SSSR count). The molecule has 0 spiro atoms. The highest BCUT2D eigenvalue weighted by Crippen LogP contribution is 2.20. The zero-order valence-corrected chi connectivity index (χ0v) is 12.5. The van der Waals surface area contributed by atoms with E-state index in [1.807, 2.05) is 37.4 Å². The number of fused-ring (bicyclic) bond motifs is 1. The number of halogens is 1. The van der Waals surface area contributed by atoms with Crippen LogP contribution in [0, 0.1) is 0 Å². The molecular weight excluding hydrogens is 318 g/mol. The van der Waals surface area contributed by atoms with E-state index in [4.69, 9.17) is 0 Å². The summed E-state index contributed by atoms with van der Waals surface area (Å²) < 4.78 is 2.18. The van der Waals surface area contributed by atoms with E-state index in [1.165, 1.54) is 0 Å². The zero-order valence-electron chi connectivity index (χ0n) is 10.9. The van der Waals surface area contributed by atoms with Crippen molar-refractivity contribution in [2.45, 2.75) is 13.5 Å². The Balaban J connectivity index is 2.20. The van der Waals surface area contributed by atoms with Gasteiger partial charge >= 0.3 is 0 Å². The van der Waals surface area contributed by atoms with Crippen molar-refractivity contribution in [3.05, 3.63) is 57.6 Å². The van der Waals surface area contributed by atoms with Crippen LogP contribution in [0.2, 0.25) is 0 Å². The molecule has 0 fully saturated rings. The number of hydrogen-bond acceptors (Lipinski definition) is 3. The Morgan fingerprint density at radius 1 is 1.25 bits per heavy atom. The van der Waals surface area contributed by atoms with Crippen molar-refractivity contribution in [1.29, 1.82) is 0 Å². The molecular formula is C15H12BrN3O. The van der Waals surface area contributed by atoms with Gasteiger partial charge in [-0.25, -0.2) is 4.98 Å². The maximum absolute atomic E-state index is 11.9. The summed E-state index contributed by atoms with van der Waals surface area (Å²) in [4.78, 5) is 20.9. The fourth-order valence-electron chi connectivity index (χ4n) is 2.07. The van der Waals surface area contributed by atoms with E-state index in [9.17, 15) is 4.79 Å². The van der Waals surface area contributed by atoms with Crippen molar-refractivity contribution >= 4 is 27.0 Å². The summed E-state index contributed by atoms with van der Waals surface area (Å²) >= 11 is 3.30. The minimum Gasteiger partial charge on any atom is -0.314 e. The molecule has 4 nitrogen and oxygen atoms in total. The minimum atomic E-state index is -0.0370. The number of para-hydroxylation sites is 2. The molecule has 0 amide bonds. The molecule has 0 saturated heterocycles. The van der Waals surface area contributed by atoms with E-state index in [0.29, 0.717) is 11.0 Å². The van der Waals surface area contributed by atoms with Gasteiger partial charge in [-0.15, -0.1) is 0 Å². The third-order valence-corrected chi connectivity index (χ3v) is 3.70. The molecule has 3 aromatic rings. The quantitative estimate of drug-likeness (QED) is 0.725. The highest BCUT2D eigenvalue weighted by Gasteiger charge is 2.07. The van der Waals surface area contributed by atoms with Crippen LogP contribution in [-0.2, 0) is 6.54 Å². The van der Waals surface area contributed by atoms with Crippen molar-refractivity contribution in [2.75, 3.05) is 0 Å². The number of aryl methyl sites for hydroxylation is 1. The van der Waals surface area contributed by atoms with Crippen LogP contribution in [0.15, 0.2) is 52.0 Å². The van der Waals surface area contributed by atoms with Gasteiger partial charge in [-0.1, -0.05) is 12.1 Å². The molecule has 0 radical (unpaired) electrons. The predicted molar refractivity (Wildman–Crippen MR) is 82.6 cm³/mol. The summed E-state index contributed by atoms with van der Waals surface area (Å²) in [7, 11) is 0. The number of hydrogen-bond donors (Lipinski definition) is 0. The van der Waals surface area contributed by atoms with E-state index in [1.54, 1.807) is 16.8 Å². The monoisotopic (exact) mass is 329 g/mol. The van der Waals surface area contributed by atoms with Gasteiger partial charge in [0.2, 0.25) is 0 Å². The first-order chi connectivity index (χ1) is 9.69. The summed E-state index contributed by atoms with van der Waals surface area (Å²) in [5, 5.41) is 0. The largest absolute Gasteiger partial charge is 0.314 e. The summed E-state index contributed by atoms with van der Waals surface area (Å²) in [6.07, 6.45) is 3.54. The summed E-state index contributed by atoms with van der Waals surface area (Å²) in [5.74, 6) is 0. The first-order valence-corrected chi connectivity index (χ1v) is 7.10. The Morgan fingerprint density at radius 2 is 2.00 bits per heavy atom. The van der Waals surface area contributed by atoms with Gasteiger partial charge in [0.1, 0.15) is 0 Å². The van der Waals surface area contributed by atoms with Crippen LogP contribution in [0.25, 0.3) is 22.3 Å². The van der Waals surface area contributed by atoms with Crippen molar-refractivity contribution in [3.63, 3.8) is 0 Å². The molecule has 0 N–H and O–H groups in total. The Morgan fingerprint density at radius 3 is 2.75 bits per heavy atom. The second-order valence-corrected chi connectivity index (χ2v) is 5.27. The Labute approximate surface area is 124 Å². The highest BCUT2D eigenvalue weighted by molar-refractivity contribution is 9.10. The molecule has 0 saturated carbocycles. The van der Waals surface area contributed by atoms with Gasteiger partial charge in [0.15, 0.2) is 0 Å². The number of benzene rings is 1. The fourth-order valence-corrected chi connectivity index (χ4v) is 2.54. The molecule has 0 bridgehead atoms. The van der Waals surface area contributed by atoms with Gasteiger partial charge in [0.05, 0.1) is 27.4 Å². The molecule has 100 valence electrons. The van der Waals surface area contributed by atoms with Crippen LogP contribution in [-0.4, -0.2) is 14.5 Å². The third kappa shape index (κ3) is 2.25. The molecule has 0 aliphatic heterocycles. The number of nitrogens with zero attached hydrogens (tertiary/aromatic N) is 3. The lowest BCUT2D eigenvalue weighted by Crippen LogP contribution is -2.19. The van der Waals surface area contributed by atoms with E-state index in [0.717, 1.165) is 22.3 Å². The van der Waals surface area contributed by atoms with Crippen molar-refractivity contribution < 1.29 is 0 Å². The minimum absolute atomic E-state index is 0.0370. The van der Waals surface area contributed by atoms with Crippen LogP contribution < -0.4 is 5.56 Å². The van der Waals surface area contributed by atoms with Crippen LogP contribution in [0.1, 0.15) is 6.92 Å². The Kier molecular flexibility index (Phi) is 3.36. The number of rotatable bonds is 2. The number of aromatic nitrogens is 3. The molecule has 5 heteroatoms. The molecule has 0 atom stereocenters. The van der Waals surface area contributed by atoms with Crippen LogP contribution in [0.5, 0.6) is 0 Å². The molecule has 0 aliphatic carbocycles. The van der Waals surface area contributed by atoms with Gasteiger partial charge in [0.25, 0.3) is 5.56 Å². The Hall–Kier alpha value is -2.01. The van der Waals surface area contributed by atoms with E-state index < -0.39 is 0 Å². The van der Waals surface area contributed by atoms with Gasteiger partial charge in [0, 0.05) is 18.3 Å². The predicted octanol–water partition coefficient (Wildman–Crippen LogP) is 3.24. The molecule has 2 heterocycles. The van der Waals surface area contributed by atoms with Crippen LogP contribution in [0.3, 0.4) is 0 Å². The molecule has 2 aromatic heterocycles. The fraction of sp³-hybridized carbons (Fsp3) is 0.133. The first kappa shape index (κ1) is 13.0. The van der Waals surface area contributed by atoms with E-state index >= 15 is 0 Å². The SMILES string of the molecule is CCn1cc(-c2cnc3ccccc3n2)cc(Br)c1=O. The molecule has 20 heavy (non-hydrogen) atoms. The first-order valence-electron chi connectivity index (χ1n) is 6.31. The van der Waals surface area contributed by atoms with Crippen molar-refractivity contribution in [1.82, 2.24) is 14.5 Å². The zero-order chi connectivity index (χ0) is 14.1. The summed E-state index contributed by atoms with van der Waals surface area (Å²) in [6, 6.07) is 9.51. The van der Waals surface area contributed by atoms with Crippen LogP contribution in [0.4, 0.5) is 0 Å². The third-order valence-electron chi connectivity index (χ3n) is 3.13. The van der Waals surface area contributed by atoms with Gasteiger partial charge in [-0.05, 0) is 41.1 Å². The maximum Gasteiger partial charge on any atom is 0.264 e. The molecule has 1 aromatic carbocycles. The second kappa shape index (κ2) is 5.17. The highest BCUT2D eigenvalue weighted by atomic mass is 79.9. The normalized spacial score (nSPS) is 10.9. The van der Waals surface area contributed by atoms with Crippen molar-refractivity contribution in [2.24, 2.45) is 0 Å². The number of pyridine rings is 1. The molecule has 0 unspecified atom stereocenters. The average Bonchev–Trinajstić information content (AvgIpc) is 2.49. The Bertz CT molecular complexity index is 842. The summed E-state index contributed by atoms with van der Waals surface area (Å²) in [6.45, 7) is 2.55. The van der Waals surface area contributed by atoms with Crippen molar-refractivity contribution in [3.8, 4) is 11.3 Å². The second-order valence-electron chi connectivity index (χ2n) is 4.41. The van der Waals surface area contributed by atoms with Crippen LogP contribution >= 0.6 is 15.9 Å². The topological polar surface area (TPSA) is 47.8 Å². The molecule has 0 aliphatic rings. The van der Waals surface area contributed by atoms with Gasteiger partial charge < -0.3 is 4.57 Å². The maximum atomic E-state index is 11.9. The smallest absolute Gasteiger partial charge is 0.264 e. The summed E-state index contributed by atoms with van der Waals surface area (Å²) in [5.41, 5.74) is 3.29. The standard InChI is InChI=1S/C15H12BrN3O/c1-2-19-9-10(7-11(16)15(19)20)14-8-17-12-5-3-4-6-13(12)18-14/h3-9H,2H2,1H3. The van der Waals surface area contributed by atoms with Gasteiger partial charge in [-0.2, -0.15) is 0 Å². The lowest BCUT2D eigenvalue weighted by molar-refractivity contribution is 0.724. The van der Waals surface area contributed by atoms with E-state index in [-0.39, 0.29) is 5.56 Å².